The molecule has 1 aromatic heterocycles. The van der Waals surface area contributed by atoms with Crippen molar-refractivity contribution in [2.24, 2.45) is 0 Å². The fraction of sp³-hybridized carbons (Fsp3) is 0.182. The van der Waals surface area contributed by atoms with E-state index in [-0.39, 0.29) is 11.7 Å². The zero-order valence-electron chi connectivity index (χ0n) is 15.2. The minimum Gasteiger partial charge on any atom is -0.341 e. The van der Waals surface area contributed by atoms with Gasteiger partial charge in [0.2, 0.25) is 11.7 Å². The summed E-state index contributed by atoms with van der Waals surface area (Å²) in [4.78, 5) is 25.4. The summed E-state index contributed by atoms with van der Waals surface area (Å²) in [6, 6.07) is 16.7. The van der Waals surface area contributed by atoms with Crippen LogP contribution in [0.3, 0.4) is 0 Å². The van der Waals surface area contributed by atoms with E-state index in [0.29, 0.717) is 29.9 Å². The standard InChI is InChI=1S/C22H17F3N2O2/c23-22(24,25)15-6-8-16(9-7-15)26-21(29)17-12-13-27-18(17)10-11-19(27)20(28)14-4-2-1-3-5-14/h1-11,17H,12-13H2,(H,26,29). The Morgan fingerprint density at radius 1 is 0.931 bits per heavy atom. The summed E-state index contributed by atoms with van der Waals surface area (Å²) in [5.41, 5.74) is 1.36. The molecule has 0 bridgehead atoms. The zero-order valence-corrected chi connectivity index (χ0v) is 15.2. The van der Waals surface area contributed by atoms with Gasteiger partial charge in [-0.1, -0.05) is 30.3 Å². The van der Waals surface area contributed by atoms with Crippen molar-refractivity contribution in [2.75, 3.05) is 5.32 Å². The van der Waals surface area contributed by atoms with Crippen LogP contribution in [-0.4, -0.2) is 16.3 Å². The van der Waals surface area contributed by atoms with Crippen LogP contribution in [0, 0.1) is 0 Å². The Labute approximate surface area is 165 Å². The third-order valence-electron chi connectivity index (χ3n) is 5.08. The summed E-state index contributed by atoms with van der Waals surface area (Å²) in [7, 11) is 0. The van der Waals surface area contributed by atoms with E-state index >= 15 is 0 Å². The molecule has 2 heterocycles. The van der Waals surface area contributed by atoms with E-state index in [1.165, 1.54) is 12.1 Å². The molecule has 0 spiro atoms. The Morgan fingerprint density at radius 3 is 2.28 bits per heavy atom. The molecule has 4 rings (SSSR count). The number of benzene rings is 2. The van der Waals surface area contributed by atoms with Crippen molar-refractivity contribution in [3.63, 3.8) is 0 Å². The van der Waals surface area contributed by atoms with Gasteiger partial charge in [0.15, 0.2) is 0 Å². The number of anilines is 1. The molecule has 1 aliphatic rings. The number of carbonyl (C=O) groups excluding carboxylic acids is 2. The number of hydrogen-bond acceptors (Lipinski definition) is 2. The minimum atomic E-state index is -4.42. The maximum atomic E-state index is 12.7. The molecule has 1 N–H and O–H groups in total. The van der Waals surface area contributed by atoms with Gasteiger partial charge >= 0.3 is 6.18 Å². The van der Waals surface area contributed by atoms with Gasteiger partial charge in [0.1, 0.15) is 0 Å². The van der Waals surface area contributed by atoms with Gasteiger partial charge in [0.05, 0.1) is 17.2 Å². The van der Waals surface area contributed by atoms with E-state index in [0.717, 1.165) is 17.8 Å². The molecule has 148 valence electrons. The van der Waals surface area contributed by atoms with Crippen molar-refractivity contribution < 1.29 is 22.8 Å². The number of nitrogens with one attached hydrogen (secondary N) is 1. The Hall–Kier alpha value is -3.35. The predicted molar refractivity (Wildman–Crippen MR) is 102 cm³/mol. The monoisotopic (exact) mass is 398 g/mol. The van der Waals surface area contributed by atoms with E-state index in [9.17, 15) is 22.8 Å². The Morgan fingerprint density at radius 2 is 1.62 bits per heavy atom. The molecule has 1 amide bonds. The highest BCUT2D eigenvalue weighted by Gasteiger charge is 2.33. The number of halogens is 3. The summed E-state index contributed by atoms with van der Waals surface area (Å²) < 4.78 is 39.8. The molecular formula is C22H17F3N2O2. The Kier molecular flexibility index (Phi) is 4.74. The molecule has 3 aromatic rings. The van der Waals surface area contributed by atoms with Gasteiger partial charge in [-0.2, -0.15) is 13.2 Å². The third-order valence-corrected chi connectivity index (χ3v) is 5.08. The highest BCUT2D eigenvalue weighted by molar-refractivity contribution is 6.08. The van der Waals surface area contributed by atoms with Crippen molar-refractivity contribution in [1.82, 2.24) is 4.57 Å². The number of amides is 1. The lowest BCUT2D eigenvalue weighted by Gasteiger charge is -2.12. The lowest BCUT2D eigenvalue weighted by molar-refractivity contribution is -0.137. The van der Waals surface area contributed by atoms with E-state index < -0.39 is 17.7 Å². The van der Waals surface area contributed by atoms with Crippen molar-refractivity contribution in [1.29, 1.82) is 0 Å². The number of carbonyl (C=O) groups is 2. The van der Waals surface area contributed by atoms with Crippen molar-refractivity contribution in [2.45, 2.75) is 25.1 Å². The Balaban J connectivity index is 1.51. The molecule has 0 saturated heterocycles. The van der Waals surface area contributed by atoms with Crippen LogP contribution in [0.4, 0.5) is 18.9 Å². The zero-order chi connectivity index (χ0) is 20.6. The normalized spacial score (nSPS) is 15.8. The maximum absolute atomic E-state index is 12.7. The van der Waals surface area contributed by atoms with Gasteiger partial charge in [0.25, 0.3) is 0 Å². The number of alkyl halides is 3. The SMILES string of the molecule is O=C(c1ccccc1)c1ccc2n1CCC2C(=O)Nc1ccc(C(F)(F)F)cc1. The molecule has 1 unspecified atom stereocenters. The average Bonchev–Trinajstić information content (AvgIpc) is 3.30. The van der Waals surface area contributed by atoms with Gasteiger partial charge in [-0.05, 0) is 42.8 Å². The fourth-order valence-electron chi connectivity index (χ4n) is 3.62. The first-order valence-electron chi connectivity index (χ1n) is 9.12. The first-order chi connectivity index (χ1) is 13.8. The summed E-state index contributed by atoms with van der Waals surface area (Å²) in [5, 5.41) is 2.67. The molecule has 0 fully saturated rings. The molecule has 2 aromatic carbocycles. The van der Waals surface area contributed by atoms with E-state index in [4.69, 9.17) is 0 Å². The summed E-state index contributed by atoms with van der Waals surface area (Å²) in [6.45, 7) is 0.529. The number of ketones is 1. The smallest absolute Gasteiger partial charge is 0.341 e. The first-order valence-corrected chi connectivity index (χ1v) is 9.12. The van der Waals surface area contributed by atoms with E-state index in [2.05, 4.69) is 5.32 Å². The molecule has 1 atom stereocenters. The fourth-order valence-corrected chi connectivity index (χ4v) is 3.62. The average molecular weight is 398 g/mol. The van der Waals surface area contributed by atoms with Gasteiger partial charge in [-0.3, -0.25) is 9.59 Å². The van der Waals surface area contributed by atoms with Crippen LogP contribution in [0.1, 0.15) is 39.6 Å². The van der Waals surface area contributed by atoms with Gasteiger partial charge in [0, 0.05) is 23.5 Å². The highest BCUT2D eigenvalue weighted by Crippen LogP contribution is 2.33. The molecule has 0 saturated carbocycles. The number of hydrogen-bond donors (Lipinski definition) is 1. The largest absolute Gasteiger partial charge is 0.416 e. The second kappa shape index (κ2) is 7.24. The first kappa shape index (κ1) is 19.0. The van der Waals surface area contributed by atoms with Crippen LogP contribution in [0.2, 0.25) is 0 Å². The third kappa shape index (κ3) is 3.68. The summed E-state index contributed by atoms with van der Waals surface area (Å²) >= 11 is 0. The summed E-state index contributed by atoms with van der Waals surface area (Å²) in [5.74, 6) is -0.879. The highest BCUT2D eigenvalue weighted by atomic mass is 19.4. The van der Waals surface area contributed by atoms with Crippen molar-refractivity contribution in [3.05, 3.63) is 89.2 Å². The molecule has 4 nitrogen and oxygen atoms in total. The maximum Gasteiger partial charge on any atom is 0.416 e. The molecule has 1 aliphatic heterocycles. The summed E-state index contributed by atoms with van der Waals surface area (Å²) in [6.07, 6.45) is -3.89. The second-order valence-corrected chi connectivity index (χ2v) is 6.90. The van der Waals surface area contributed by atoms with E-state index in [1.807, 2.05) is 10.6 Å². The lowest BCUT2D eigenvalue weighted by Crippen LogP contribution is -2.19. The number of nitrogens with zero attached hydrogens (tertiary/aromatic N) is 1. The molecule has 0 aliphatic carbocycles. The number of fused-ring (bicyclic) bond motifs is 1. The lowest BCUT2D eigenvalue weighted by atomic mass is 10.0. The minimum absolute atomic E-state index is 0.111. The van der Waals surface area contributed by atoms with Gasteiger partial charge < -0.3 is 9.88 Å². The molecule has 0 radical (unpaired) electrons. The number of rotatable bonds is 4. The molecule has 29 heavy (non-hydrogen) atoms. The van der Waals surface area contributed by atoms with Crippen molar-refractivity contribution >= 4 is 17.4 Å². The predicted octanol–water partition coefficient (Wildman–Crippen LogP) is 4.86. The van der Waals surface area contributed by atoms with Gasteiger partial charge in [-0.15, -0.1) is 0 Å². The van der Waals surface area contributed by atoms with Crippen molar-refractivity contribution in [3.8, 4) is 0 Å². The van der Waals surface area contributed by atoms with Gasteiger partial charge in [-0.25, -0.2) is 0 Å². The van der Waals surface area contributed by atoms with Crippen LogP contribution >= 0.6 is 0 Å². The van der Waals surface area contributed by atoms with Crippen LogP contribution in [0.15, 0.2) is 66.7 Å². The second-order valence-electron chi connectivity index (χ2n) is 6.90. The molecule has 7 heteroatoms. The topological polar surface area (TPSA) is 51.1 Å². The van der Waals surface area contributed by atoms with E-state index in [1.54, 1.807) is 36.4 Å². The Bertz CT molecular complexity index is 1050. The molecular weight excluding hydrogens is 381 g/mol. The van der Waals surface area contributed by atoms with Crippen LogP contribution in [-0.2, 0) is 17.5 Å². The quantitative estimate of drug-likeness (QED) is 0.638. The van der Waals surface area contributed by atoms with Crippen LogP contribution in [0.5, 0.6) is 0 Å². The number of aromatic nitrogens is 1. The van der Waals surface area contributed by atoms with Crippen LogP contribution in [0.25, 0.3) is 0 Å². The van der Waals surface area contributed by atoms with Crippen LogP contribution < -0.4 is 5.32 Å².